The van der Waals surface area contributed by atoms with Gasteiger partial charge in [-0.2, -0.15) is 8.78 Å². The Hall–Kier alpha value is -2.84. The summed E-state index contributed by atoms with van der Waals surface area (Å²) in [5.74, 6) is -0.285. The van der Waals surface area contributed by atoms with Gasteiger partial charge < -0.3 is 14.6 Å². The fourth-order valence-corrected chi connectivity index (χ4v) is 4.67. The van der Waals surface area contributed by atoms with Crippen molar-refractivity contribution >= 4 is 11.8 Å². The van der Waals surface area contributed by atoms with Crippen LogP contribution >= 0.6 is 0 Å². The molecule has 0 spiro atoms. The van der Waals surface area contributed by atoms with Crippen molar-refractivity contribution in [3.63, 3.8) is 0 Å². The lowest BCUT2D eigenvalue weighted by molar-refractivity contribution is -0.122. The summed E-state index contributed by atoms with van der Waals surface area (Å²) < 4.78 is 30.5. The molecule has 2 saturated carbocycles. The van der Waals surface area contributed by atoms with Crippen LogP contribution in [0.15, 0.2) is 22.6 Å². The highest BCUT2D eigenvalue weighted by molar-refractivity contribution is 5.99. The number of amides is 2. The van der Waals surface area contributed by atoms with E-state index in [9.17, 15) is 18.4 Å². The Morgan fingerprint density at radius 1 is 1.19 bits per heavy atom. The predicted octanol–water partition coefficient (Wildman–Crippen LogP) is 3.86. The Morgan fingerprint density at radius 3 is 2.74 bits per heavy atom. The van der Waals surface area contributed by atoms with Crippen LogP contribution in [0.3, 0.4) is 0 Å². The minimum absolute atomic E-state index is 0.0350. The third kappa shape index (κ3) is 4.05. The highest BCUT2D eigenvalue weighted by atomic mass is 19.3. The minimum atomic E-state index is -2.84. The second-order valence-corrected chi connectivity index (χ2v) is 8.72. The van der Waals surface area contributed by atoms with Gasteiger partial charge >= 0.3 is 6.43 Å². The molecule has 2 atom stereocenters. The van der Waals surface area contributed by atoms with Gasteiger partial charge in [0.15, 0.2) is 0 Å². The first-order chi connectivity index (χ1) is 15.0. The maximum absolute atomic E-state index is 13.2. The average Bonchev–Trinajstić information content (AvgIpc) is 3.31. The van der Waals surface area contributed by atoms with Crippen LogP contribution in [0.25, 0.3) is 11.5 Å². The SMILES string of the molecule is O=C(CC1CC1)N[C@@H]1CCCC[C@H]1N1Cc2ccc(-c3nnc(C(F)F)o3)cc2C1=O. The van der Waals surface area contributed by atoms with Crippen LogP contribution in [-0.2, 0) is 11.3 Å². The molecular weight excluding hydrogens is 406 g/mol. The topological polar surface area (TPSA) is 88.3 Å². The first-order valence-corrected chi connectivity index (χ1v) is 10.8. The first-order valence-electron chi connectivity index (χ1n) is 10.8. The number of carbonyl (C=O) groups is 2. The molecule has 2 aromatic rings. The molecule has 0 unspecified atom stereocenters. The second-order valence-electron chi connectivity index (χ2n) is 8.72. The summed E-state index contributed by atoms with van der Waals surface area (Å²) in [6, 6.07) is 5.05. The highest BCUT2D eigenvalue weighted by Gasteiger charge is 2.39. The number of halogens is 2. The maximum atomic E-state index is 13.2. The summed E-state index contributed by atoms with van der Waals surface area (Å²) in [6.07, 6.45) is 3.76. The van der Waals surface area contributed by atoms with Gasteiger partial charge in [-0.15, -0.1) is 10.2 Å². The summed E-state index contributed by atoms with van der Waals surface area (Å²) in [5, 5.41) is 10.2. The molecule has 2 amide bonds. The van der Waals surface area contributed by atoms with Crippen molar-refractivity contribution in [3.05, 3.63) is 35.2 Å². The van der Waals surface area contributed by atoms with Crippen LogP contribution in [0.1, 0.15) is 73.2 Å². The van der Waals surface area contributed by atoms with Crippen LogP contribution in [0, 0.1) is 5.92 Å². The van der Waals surface area contributed by atoms with Gasteiger partial charge in [0.2, 0.25) is 11.8 Å². The smallest absolute Gasteiger partial charge is 0.314 e. The predicted molar refractivity (Wildman–Crippen MR) is 106 cm³/mol. The van der Waals surface area contributed by atoms with Crippen LogP contribution in [0.5, 0.6) is 0 Å². The number of alkyl halides is 2. The Bertz CT molecular complexity index is 1000. The van der Waals surface area contributed by atoms with Crippen molar-refractivity contribution in [3.8, 4) is 11.5 Å². The number of rotatable bonds is 6. The summed E-state index contributed by atoms with van der Waals surface area (Å²) >= 11 is 0. The Kier molecular flexibility index (Phi) is 5.19. The Labute approximate surface area is 178 Å². The van der Waals surface area contributed by atoms with Crippen molar-refractivity contribution in [2.75, 3.05) is 0 Å². The number of nitrogens with one attached hydrogen (secondary N) is 1. The van der Waals surface area contributed by atoms with E-state index in [0.29, 0.717) is 30.0 Å². The molecule has 9 heteroatoms. The van der Waals surface area contributed by atoms with Gasteiger partial charge in [0, 0.05) is 30.1 Å². The molecule has 1 aliphatic heterocycles. The third-order valence-electron chi connectivity index (χ3n) is 6.46. The minimum Gasteiger partial charge on any atom is -0.415 e. The van der Waals surface area contributed by atoms with E-state index < -0.39 is 12.3 Å². The molecule has 164 valence electrons. The fourth-order valence-electron chi connectivity index (χ4n) is 4.67. The molecule has 1 N–H and O–H groups in total. The largest absolute Gasteiger partial charge is 0.415 e. The number of fused-ring (bicyclic) bond motifs is 1. The monoisotopic (exact) mass is 430 g/mol. The molecular formula is C22H24F2N4O3. The van der Waals surface area contributed by atoms with Crippen molar-refractivity contribution < 1.29 is 22.8 Å². The molecule has 5 rings (SSSR count). The van der Waals surface area contributed by atoms with Gasteiger partial charge in [-0.05, 0) is 49.3 Å². The van der Waals surface area contributed by atoms with Crippen LogP contribution in [-0.4, -0.2) is 39.0 Å². The van der Waals surface area contributed by atoms with E-state index in [2.05, 4.69) is 15.5 Å². The molecule has 31 heavy (non-hydrogen) atoms. The highest BCUT2D eigenvalue weighted by Crippen LogP contribution is 2.35. The molecule has 1 aromatic heterocycles. The molecule has 3 aliphatic rings. The lowest BCUT2D eigenvalue weighted by atomic mass is 9.89. The summed E-state index contributed by atoms with van der Waals surface area (Å²) in [7, 11) is 0. The van der Waals surface area contributed by atoms with E-state index in [4.69, 9.17) is 4.42 Å². The van der Waals surface area contributed by atoms with Gasteiger partial charge in [0.05, 0.1) is 6.04 Å². The second kappa shape index (κ2) is 8.01. The molecule has 0 bridgehead atoms. The Balaban J connectivity index is 1.33. The van der Waals surface area contributed by atoms with Crippen molar-refractivity contribution in [1.29, 1.82) is 0 Å². The van der Waals surface area contributed by atoms with Crippen molar-refractivity contribution in [2.45, 2.75) is 70.0 Å². The van der Waals surface area contributed by atoms with Crippen LogP contribution in [0.2, 0.25) is 0 Å². The zero-order valence-corrected chi connectivity index (χ0v) is 17.0. The van der Waals surface area contributed by atoms with Gasteiger partial charge in [-0.3, -0.25) is 9.59 Å². The number of hydrogen-bond acceptors (Lipinski definition) is 5. The van der Waals surface area contributed by atoms with Gasteiger partial charge in [-0.1, -0.05) is 18.9 Å². The number of benzene rings is 1. The standard InChI is InChI=1S/C22H24F2N4O3/c23-19(24)21-27-26-20(31-21)13-7-8-14-11-28(22(30)15(14)10-13)17-4-2-1-3-16(17)25-18(29)9-12-5-6-12/h7-8,10,12,16-17,19H,1-6,9,11H2,(H,25,29)/t16-,17-/m1/s1. The summed E-state index contributed by atoms with van der Waals surface area (Å²) in [4.78, 5) is 27.5. The van der Waals surface area contributed by atoms with Crippen LogP contribution in [0.4, 0.5) is 8.78 Å². The average molecular weight is 430 g/mol. The fraction of sp³-hybridized carbons (Fsp3) is 0.545. The molecule has 2 aliphatic carbocycles. The van der Waals surface area contributed by atoms with E-state index in [-0.39, 0.29) is 29.8 Å². The molecule has 0 saturated heterocycles. The van der Waals surface area contributed by atoms with Gasteiger partial charge in [0.25, 0.3) is 11.8 Å². The molecule has 7 nitrogen and oxygen atoms in total. The number of hydrogen-bond donors (Lipinski definition) is 1. The number of aromatic nitrogens is 2. The van der Waals surface area contributed by atoms with E-state index >= 15 is 0 Å². The van der Waals surface area contributed by atoms with E-state index in [1.807, 2.05) is 4.90 Å². The molecule has 1 aromatic carbocycles. The van der Waals surface area contributed by atoms with Gasteiger partial charge in [0.1, 0.15) is 0 Å². The molecule has 2 fully saturated rings. The number of carbonyl (C=O) groups excluding carboxylic acids is 2. The Morgan fingerprint density at radius 2 is 2.00 bits per heavy atom. The normalized spacial score (nSPS) is 23.3. The number of nitrogens with zero attached hydrogens (tertiary/aromatic N) is 3. The summed E-state index contributed by atoms with van der Waals surface area (Å²) in [5.41, 5.74) is 1.82. The lowest BCUT2D eigenvalue weighted by Crippen LogP contribution is -2.53. The molecule has 2 heterocycles. The first kappa shape index (κ1) is 20.1. The van der Waals surface area contributed by atoms with Crippen LogP contribution < -0.4 is 5.32 Å². The van der Waals surface area contributed by atoms with E-state index in [1.54, 1.807) is 18.2 Å². The molecule has 0 radical (unpaired) electrons. The van der Waals surface area contributed by atoms with E-state index in [1.165, 1.54) is 0 Å². The summed E-state index contributed by atoms with van der Waals surface area (Å²) in [6.45, 7) is 0.472. The van der Waals surface area contributed by atoms with Crippen molar-refractivity contribution in [2.24, 2.45) is 5.92 Å². The third-order valence-corrected chi connectivity index (χ3v) is 6.46. The lowest BCUT2D eigenvalue weighted by Gasteiger charge is -2.38. The van der Waals surface area contributed by atoms with Crippen molar-refractivity contribution in [1.82, 2.24) is 20.4 Å². The quantitative estimate of drug-likeness (QED) is 0.752. The zero-order chi connectivity index (χ0) is 21.5. The zero-order valence-electron chi connectivity index (χ0n) is 17.0. The van der Waals surface area contributed by atoms with Gasteiger partial charge in [-0.25, -0.2) is 0 Å². The maximum Gasteiger partial charge on any atom is 0.314 e. The van der Waals surface area contributed by atoms with E-state index in [0.717, 1.165) is 44.1 Å².